The second kappa shape index (κ2) is 6.64. The predicted octanol–water partition coefficient (Wildman–Crippen LogP) is 1.39. The van der Waals surface area contributed by atoms with Crippen molar-refractivity contribution in [3.8, 4) is 10.4 Å². The first-order valence-corrected chi connectivity index (χ1v) is 7.99. The van der Waals surface area contributed by atoms with E-state index in [1.807, 2.05) is 12.4 Å². The first-order valence-electron chi connectivity index (χ1n) is 7.11. The van der Waals surface area contributed by atoms with E-state index in [9.17, 15) is 5.11 Å². The number of aliphatic hydroxyl groups is 1. The Balaban J connectivity index is 1.52. The Morgan fingerprint density at radius 3 is 2.81 bits per heavy atom. The minimum absolute atomic E-state index is 0.138. The number of hydrogen-bond donors (Lipinski definition) is 4. The molecule has 2 atom stereocenters. The molecule has 6 heteroatoms. The molecule has 3 rings (SSSR count). The van der Waals surface area contributed by atoms with Gasteiger partial charge in [-0.05, 0) is 18.1 Å². The summed E-state index contributed by atoms with van der Waals surface area (Å²) in [6, 6.07) is 8.52. The molecular weight excluding hydrogens is 284 g/mol. The Morgan fingerprint density at radius 1 is 1.38 bits per heavy atom. The molecule has 0 aliphatic carbocycles. The third-order valence-corrected chi connectivity index (χ3v) is 4.62. The summed E-state index contributed by atoms with van der Waals surface area (Å²) < 4.78 is 0. The standard InChI is InChI=1S/C15H20N4OS/c1-10-15(21-9-17-10)12-4-2-11(3-5-12)7-18-19-14-6-13(20)8-16-14/h2-5,9,13-14,16,18-20H,6-8H2,1H3/t13-,14-/m1/s1. The minimum atomic E-state index is -0.244. The number of thiazole rings is 1. The number of benzene rings is 1. The molecule has 2 heterocycles. The van der Waals surface area contributed by atoms with Crippen molar-refractivity contribution in [2.24, 2.45) is 0 Å². The highest BCUT2D eigenvalue weighted by Crippen LogP contribution is 2.27. The van der Waals surface area contributed by atoms with Gasteiger partial charge in [0.15, 0.2) is 0 Å². The van der Waals surface area contributed by atoms with Gasteiger partial charge >= 0.3 is 0 Å². The molecule has 1 aromatic heterocycles. The lowest BCUT2D eigenvalue weighted by atomic mass is 10.1. The molecule has 0 bridgehead atoms. The van der Waals surface area contributed by atoms with Gasteiger partial charge in [0.05, 0.1) is 28.4 Å². The van der Waals surface area contributed by atoms with E-state index >= 15 is 0 Å². The normalized spacial score (nSPS) is 21.8. The van der Waals surface area contributed by atoms with E-state index in [1.54, 1.807) is 11.3 Å². The van der Waals surface area contributed by atoms with Gasteiger partial charge in [-0.1, -0.05) is 24.3 Å². The molecule has 1 aromatic carbocycles. The fourth-order valence-electron chi connectivity index (χ4n) is 2.46. The molecular formula is C15H20N4OS. The molecule has 1 fully saturated rings. The fourth-order valence-corrected chi connectivity index (χ4v) is 3.27. The van der Waals surface area contributed by atoms with E-state index in [0.29, 0.717) is 6.54 Å². The maximum atomic E-state index is 9.42. The summed E-state index contributed by atoms with van der Waals surface area (Å²) in [4.78, 5) is 5.52. The van der Waals surface area contributed by atoms with Gasteiger partial charge in [-0.15, -0.1) is 11.3 Å². The average Bonchev–Trinajstić information content (AvgIpc) is 3.09. The van der Waals surface area contributed by atoms with Crippen molar-refractivity contribution in [1.82, 2.24) is 21.2 Å². The van der Waals surface area contributed by atoms with Crippen molar-refractivity contribution in [2.75, 3.05) is 6.54 Å². The minimum Gasteiger partial charge on any atom is -0.392 e. The molecule has 0 saturated carbocycles. The Morgan fingerprint density at radius 2 is 2.19 bits per heavy atom. The van der Waals surface area contributed by atoms with E-state index in [4.69, 9.17) is 0 Å². The summed E-state index contributed by atoms with van der Waals surface area (Å²) in [5.41, 5.74) is 11.8. The lowest BCUT2D eigenvalue weighted by molar-refractivity contribution is 0.190. The van der Waals surface area contributed by atoms with Crippen LogP contribution in [0.15, 0.2) is 29.8 Å². The van der Waals surface area contributed by atoms with Crippen molar-refractivity contribution in [2.45, 2.75) is 32.2 Å². The summed E-state index contributed by atoms with van der Waals surface area (Å²) in [7, 11) is 0. The summed E-state index contributed by atoms with van der Waals surface area (Å²) in [6.07, 6.45) is 0.627. The van der Waals surface area contributed by atoms with Crippen LogP contribution in [0.1, 0.15) is 17.7 Å². The first-order chi connectivity index (χ1) is 10.2. The second-order valence-electron chi connectivity index (χ2n) is 5.31. The van der Waals surface area contributed by atoms with Crippen LogP contribution in [0.25, 0.3) is 10.4 Å². The van der Waals surface area contributed by atoms with Gasteiger partial charge in [0.2, 0.25) is 0 Å². The average molecular weight is 304 g/mol. The predicted molar refractivity (Wildman–Crippen MR) is 84.7 cm³/mol. The smallest absolute Gasteiger partial charge is 0.0801 e. The number of aryl methyl sites for hydroxylation is 1. The Hall–Kier alpha value is -1.31. The highest BCUT2D eigenvalue weighted by Gasteiger charge is 2.20. The van der Waals surface area contributed by atoms with Crippen LogP contribution >= 0.6 is 11.3 Å². The lowest BCUT2D eigenvalue weighted by Crippen LogP contribution is -2.45. The summed E-state index contributed by atoms with van der Waals surface area (Å²) in [6.45, 7) is 3.44. The zero-order valence-corrected chi connectivity index (χ0v) is 12.8. The number of hydrogen-bond acceptors (Lipinski definition) is 6. The van der Waals surface area contributed by atoms with Crippen molar-refractivity contribution in [3.05, 3.63) is 41.0 Å². The number of aromatic nitrogens is 1. The third kappa shape index (κ3) is 3.66. The molecule has 4 N–H and O–H groups in total. The van der Waals surface area contributed by atoms with E-state index in [0.717, 1.165) is 18.7 Å². The van der Waals surface area contributed by atoms with Crippen molar-refractivity contribution in [1.29, 1.82) is 0 Å². The Kier molecular flexibility index (Phi) is 4.62. The number of nitrogens with one attached hydrogen (secondary N) is 3. The number of rotatable bonds is 5. The van der Waals surface area contributed by atoms with Crippen LogP contribution in [-0.4, -0.2) is 28.9 Å². The van der Waals surface area contributed by atoms with Crippen LogP contribution in [0, 0.1) is 6.92 Å². The van der Waals surface area contributed by atoms with Crippen molar-refractivity contribution in [3.63, 3.8) is 0 Å². The third-order valence-electron chi connectivity index (χ3n) is 3.64. The molecule has 21 heavy (non-hydrogen) atoms. The molecule has 1 aliphatic rings. The zero-order chi connectivity index (χ0) is 14.7. The van der Waals surface area contributed by atoms with Gasteiger partial charge in [0, 0.05) is 19.5 Å². The molecule has 0 amide bonds. The number of hydrazine groups is 1. The molecule has 1 saturated heterocycles. The van der Waals surface area contributed by atoms with Crippen LogP contribution in [0.5, 0.6) is 0 Å². The van der Waals surface area contributed by atoms with E-state index in [1.165, 1.54) is 16.0 Å². The fraction of sp³-hybridized carbons (Fsp3) is 0.400. The van der Waals surface area contributed by atoms with Gasteiger partial charge in [-0.25, -0.2) is 10.4 Å². The molecule has 2 aromatic rings. The van der Waals surface area contributed by atoms with E-state index < -0.39 is 0 Å². The van der Waals surface area contributed by atoms with Crippen LogP contribution < -0.4 is 16.2 Å². The molecule has 0 spiro atoms. The molecule has 112 valence electrons. The van der Waals surface area contributed by atoms with Crippen LogP contribution in [0.3, 0.4) is 0 Å². The quantitative estimate of drug-likeness (QED) is 0.629. The van der Waals surface area contributed by atoms with Crippen molar-refractivity contribution < 1.29 is 5.11 Å². The summed E-state index contributed by atoms with van der Waals surface area (Å²) in [5, 5.41) is 12.6. The Labute approximate surface area is 128 Å². The van der Waals surface area contributed by atoms with Crippen LogP contribution in [-0.2, 0) is 6.54 Å². The number of nitrogens with zero attached hydrogens (tertiary/aromatic N) is 1. The zero-order valence-electron chi connectivity index (χ0n) is 12.0. The van der Waals surface area contributed by atoms with E-state index in [-0.39, 0.29) is 12.3 Å². The maximum absolute atomic E-state index is 9.42. The topological polar surface area (TPSA) is 69.2 Å². The van der Waals surface area contributed by atoms with Gasteiger partial charge in [0.25, 0.3) is 0 Å². The summed E-state index contributed by atoms with van der Waals surface area (Å²) >= 11 is 1.67. The molecule has 1 aliphatic heterocycles. The SMILES string of the molecule is Cc1ncsc1-c1ccc(CNN[C@@H]2C[C@@H](O)CN2)cc1. The number of β-amino-alcohol motifs (C(OH)–C–C–N with tert-alkyl or cyclic N) is 1. The molecule has 0 radical (unpaired) electrons. The highest BCUT2D eigenvalue weighted by molar-refractivity contribution is 7.13. The largest absolute Gasteiger partial charge is 0.392 e. The Bertz CT molecular complexity index is 584. The van der Waals surface area contributed by atoms with Crippen LogP contribution in [0.2, 0.25) is 0 Å². The van der Waals surface area contributed by atoms with Crippen molar-refractivity contribution >= 4 is 11.3 Å². The van der Waals surface area contributed by atoms with E-state index in [2.05, 4.69) is 45.4 Å². The van der Waals surface area contributed by atoms with Gasteiger partial charge < -0.3 is 5.11 Å². The van der Waals surface area contributed by atoms with Gasteiger partial charge in [-0.2, -0.15) is 0 Å². The molecule has 5 nitrogen and oxygen atoms in total. The monoisotopic (exact) mass is 304 g/mol. The lowest BCUT2D eigenvalue weighted by Gasteiger charge is -2.13. The highest BCUT2D eigenvalue weighted by atomic mass is 32.1. The van der Waals surface area contributed by atoms with Crippen LogP contribution in [0.4, 0.5) is 0 Å². The second-order valence-corrected chi connectivity index (χ2v) is 6.17. The maximum Gasteiger partial charge on any atom is 0.0801 e. The summed E-state index contributed by atoms with van der Waals surface area (Å²) in [5.74, 6) is 0. The number of aliphatic hydroxyl groups excluding tert-OH is 1. The molecule has 0 unspecified atom stereocenters. The van der Waals surface area contributed by atoms with Gasteiger partial charge in [0.1, 0.15) is 0 Å². The first kappa shape index (κ1) is 14.6. The van der Waals surface area contributed by atoms with Gasteiger partial charge in [-0.3, -0.25) is 10.7 Å².